The van der Waals surface area contributed by atoms with Crippen molar-refractivity contribution in [2.45, 2.75) is 6.61 Å². The number of nitrogens with zero attached hydrogens (tertiary/aromatic N) is 1. The van der Waals surface area contributed by atoms with Crippen molar-refractivity contribution in [2.24, 2.45) is 0 Å². The fourth-order valence-corrected chi connectivity index (χ4v) is 1.57. The number of benzene rings is 2. The average Bonchev–Trinajstić information content (AvgIpc) is 2.42. The highest BCUT2D eigenvalue weighted by atomic mass is 19.1. The van der Waals surface area contributed by atoms with Gasteiger partial charge in [0.05, 0.1) is 11.5 Å². The minimum atomic E-state index is -0.967. The summed E-state index contributed by atoms with van der Waals surface area (Å²) in [5, 5.41) is 19.8. The average molecular weight is 281 g/mol. The predicted octanol–water partition coefficient (Wildman–Crippen LogP) is 3.16. The first-order chi connectivity index (χ1) is 9.51. The third-order valence-electron chi connectivity index (χ3n) is 2.52. The second-order valence-electron chi connectivity index (χ2n) is 3.89. The van der Waals surface area contributed by atoms with E-state index < -0.39 is 22.2 Å². The summed E-state index contributed by atoms with van der Waals surface area (Å²) < 4.78 is 31.3. The smallest absolute Gasteiger partial charge is 0.311 e. The zero-order valence-corrected chi connectivity index (χ0v) is 10.0. The second-order valence-corrected chi connectivity index (χ2v) is 3.89. The maximum Gasteiger partial charge on any atom is 0.311 e. The summed E-state index contributed by atoms with van der Waals surface area (Å²) in [6.07, 6.45) is 0. The summed E-state index contributed by atoms with van der Waals surface area (Å²) in [6.45, 7) is -0.369. The topological polar surface area (TPSA) is 72.6 Å². The van der Waals surface area contributed by atoms with Crippen LogP contribution in [-0.2, 0) is 6.61 Å². The molecule has 0 bridgehead atoms. The number of nitro benzene ring substituents is 1. The van der Waals surface area contributed by atoms with Crippen LogP contribution in [0.15, 0.2) is 36.4 Å². The van der Waals surface area contributed by atoms with Crippen LogP contribution in [0.4, 0.5) is 14.5 Å². The molecule has 20 heavy (non-hydrogen) atoms. The zero-order chi connectivity index (χ0) is 14.7. The Hall–Kier alpha value is -2.54. The maximum absolute atomic E-state index is 13.4. The van der Waals surface area contributed by atoms with E-state index in [2.05, 4.69) is 0 Å². The molecular formula is C13H9F2NO4. The van der Waals surface area contributed by atoms with Gasteiger partial charge in [0.2, 0.25) is 5.75 Å². The number of halogens is 2. The van der Waals surface area contributed by atoms with Crippen LogP contribution in [0.3, 0.4) is 0 Å². The van der Waals surface area contributed by atoms with E-state index in [-0.39, 0.29) is 18.1 Å². The zero-order valence-electron chi connectivity index (χ0n) is 10.0. The Bertz CT molecular complexity index is 661. The number of nitro groups is 1. The molecule has 5 nitrogen and oxygen atoms in total. The van der Waals surface area contributed by atoms with Gasteiger partial charge >= 0.3 is 5.69 Å². The molecule has 2 rings (SSSR count). The summed E-state index contributed by atoms with van der Waals surface area (Å²) >= 11 is 0. The fraction of sp³-hybridized carbons (Fsp3) is 0.0769. The lowest BCUT2D eigenvalue weighted by atomic mass is 10.2. The van der Waals surface area contributed by atoms with Crippen LogP contribution < -0.4 is 4.74 Å². The Balaban J connectivity index is 2.40. The highest BCUT2D eigenvalue weighted by molar-refractivity contribution is 5.50. The Morgan fingerprint density at radius 3 is 2.45 bits per heavy atom. The summed E-state index contributed by atoms with van der Waals surface area (Å²) in [5.74, 6) is -2.27. The third-order valence-corrected chi connectivity index (χ3v) is 2.52. The van der Waals surface area contributed by atoms with Crippen molar-refractivity contribution in [3.8, 4) is 11.5 Å². The van der Waals surface area contributed by atoms with Crippen molar-refractivity contribution >= 4 is 5.69 Å². The van der Waals surface area contributed by atoms with Crippen molar-refractivity contribution in [1.82, 2.24) is 0 Å². The predicted molar refractivity (Wildman–Crippen MR) is 65.5 cm³/mol. The van der Waals surface area contributed by atoms with Gasteiger partial charge in [-0.1, -0.05) is 6.07 Å². The summed E-state index contributed by atoms with van der Waals surface area (Å²) in [7, 11) is 0. The standard InChI is InChI=1S/C13H9F2NO4/c14-9-2-4-12(10(15)6-9)20-13-3-1-8(7-17)5-11(13)16(18)19/h1-6,17H,7H2. The number of aliphatic hydroxyl groups is 1. The van der Waals surface area contributed by atoms with Gasteiger partial charge in [-0.3, -0.25) is 10.1 Å². The van der Waals surface area contributed by atoms with Crippen molar-refractivity contribution in [1.29, 1.82) is 0 Å². The molecule has 1 N–H and O–H groups in total. The normalized spacial score (nSPS) is 10.3. The minimum Gasteiger partial charge on any atom is -0.447 e. The minimum absolute atomic E-state index is 0.197. The molecule has 0 amide bonds. The number of rotatable bonds is 4. The first-order valence-electron chi connectivity index (χ1n) is 5.52. The van der Waals surface area contributed by atoms with E-state index in [4.69, 9.17) is 9.84 Å². The van der Waals surface area contributed by atoms with Gasteiger partial charge in [-0.2, -0.15) is 0 Å². The Morgan fingerprint density at radius 1 is 1.15 bits per heavy atom. The molecule has 0 aliphatic rings. The van der Waals surface area contributed by atoms with E-state index >= 15 is 0 Å². The lowest BCUT2D eigenvalue weighted by molar-refractivity contribution is -0.385. The van der Waals surface area contributed by atoms with Gasteiger partial charge in [0.1, 0.15) is 5.82 Å². The van der Waals surface area contributed by atoms with Crippen molar-refractivity contribution in [3.05, 3.63) is 63.7 Å². The van der Waals surface area contributed by atoms with E-state index in [0.29, 0.717) is 11.6 Å². The molecule has 0 atom stereocenters. The first-order valence-corrected chi connectivity index (χ1v) is 5.52. The molecule has 7 heteroatoms. The van der Waals surface area contributed by atoms with Gasteiger partial charge in [0, 0.05) is 12.1 Å². The van der Waals surface area contributed by atoms with Gasteiger partial charge in [-0.15, -0.1) is 0 Å². The summed E-state index contributed by atoms with van der Waals surface area (Å²) in [5.41, 5.74) is -0.0936. The molecule has 104 valence electrons. The Labute approximate surface area is 112 Å². The molecule has 0 spiro atoms. The maximum atomic E-state index is 13.4. The molecule has 0 saturated carbocycles. The van der Waals surface area contributed by atoms with Crippen molar-refractivity contribution in [2.75, 3.05) is 0 Å². The van der Waals surface area contributed by atoms with E-state index in [1.54, 1.807) is 0 Å². The lowest BCUT2D eigenvalue weighted by Gasteiger charge is -2.08. The van der Waals surface area contributed by atoms with Crippen LogP contribution in [0.2, 0.25) is 0 Å². The number of aliphatic hydroxyl groups excluding tert-OH is 1. The van der Waals surface area contributed by atoms with E-state index in [0.717, 1.165) is 18.2 Å². The van der Waals surface area contributed by atoms with Gasteiger partial charge in [-0.25, -0.2) is 8.78 Å². The molecule has 0 saturated heterocycles. The molecule has 0 radical (unpaired) electrons. The number of hydrogen-bond acceptors (Lipinski definition) is 4. The quantitative estimate of drug-likeness (QED) is 0.690. The molecule has 0 fully saturated rings. The monoisotopic (exact) mass is 281 g/mol. The van der Waals surface area contributed by atoms with E-state index in [1.165, 1.54) is 12.1 Å². The number of hydrogen-bond donors (Lipinski definition) is 1. The van der Waals surface area contributed by atoms with Gasteiger partial charge in [-0.05, 0) is 23.8 Å². The fourth-order valence-electron chi connectivity index (χ4n) is 1.57. The lowest BCUT2D eigenvalue weighted by Crippen LogP contribution is -1.97. The third kappa shape index (κ3) is 2.89. The molecule has 0 unspecified atom stereocenters. The molecular weight excluding hydrogens is 272 g/mol. The van der Waals surface area contributed by atoms with Crippen LogP contribution in [0, 0.1) is 21.7 Å². The molecule has 2 aromatic rings. The van der Waals surface area contributed by atoms with E-state index in [1.807, 2.05) is 0 Å². The highest BCUT2D eigenvalue weighted by Crippen LogP contribution is 2.33. The molecule has 2 aromatic carbocycles. The number of ether oxygens (including phenoxy) is 1. The van der Waals surface area contributed by atoms with Gasteiger partial charge in [0.25, 0.3) is 0 Å². The Kier molecular flexibility index (Phi) is 3.90. The van der Waals surface area contributed by atoms with Gasteiger partial charge in [0.15, 0.2) is 11.6 Å². The summed E-state index contributed by atoms with van der Waals surface area (Å²) in [4.78, 5) is 10.2. The van der Waals surface area contributed by atoms with Crippen LogP contribution in [-0.4, -0.2) is 10.0 Å². The van der Waals surface area contributed by atoms with Crippen LogP contribution in [0.5, 0.6) is 11.5 Å². The van der Waals surface area contributed by atoms with E-state index in [9.17, 15) is 18.9 Å². The second kappa shape index (κ2) is 5.62. The molecule has 0 aliphatic carbocycles. The SMILES string of the molecule is O=[N+]([O-])c1cc(CO)ccc1Oc1ccc(F)cc1F. The van der Waals surface area contributed by atoms with Crippen LogP contribution in [0.1, 0.15) is 5.56 Å². The first kappa shape index (κ1) is 13.9. The van der Waals surface area contributed by atoms with Crippen molar-refractivity contribution in [3.63, 3.8) is 0 Å². The Morgan fingerprint density at radius 2 is 1.85 bits per heavy atom. The largest absolute Gasteiger partial charge is 0.447 e. The highest BCUT2D eigenvalue weighted by Gasteiger charge is 2.18. The molecule has 0 aliphatic heterocycles. The summed E-state index contributed by atoms with van der Waals surface area (Å²) in [6, 6.07) is 6.40. The molecule has 0 heterocycles. The van der Waals surface area contributed by atoms with Crippen molar-refractivity contribution < 1.29 is 23.5 Å². The molecule has 0 aromatic heterocycles. The van der Waals surface area contributed by atoms with Gasteiger partial charge < -0.3 is 9.84 Å². The van der Waals surface area contributed by atoms with Crippen LogP contribution >= 0.6 is 0 Å². The van der Waals surface area contributed by atoms with Crippen LogP contribution in [0.25, 0.3) is 0 Å².